The molecule has 0 aliphatic carbocycles. The first-order valence-corrected chi connectivity index (χ1v) is 8.42. The maximum Gasteiger partial charge on any atom is 0.259 e. The van der Waals surface area contributed by atoms with Crippen molar-refractivity contribution in [1.82, 2.24) is 0 Å². The van der Waals surface area contributed by atoms with Gasteiger partial charge in [-0.25, -0.2) is 0 Å². The Morgan fingerprint density at radius 3 is 2.74 bits per heavy atom. The van der Waals surface area contributed by atoms with Gasteiger partial charge in [0.25, 0.3) is 5.91 Å². The second-order valence-electron chi connectivity index (χ2n) is 5.40. The fourth-order valence-electron chi connectivity index (χ4n) is 2.47. The molecule has 0 unspecified atom stereocenters. The van der Waals surface area contributed by atoms with E-state index in [1.165, 1.54) is 0 Å². The number of nitrogens with one attached hydrogen (secondary N) is 1. The molecule has 0 spiro atoms. The molecule has 0 bridgehead atoms. The third kappa shape index (κ3) is 4.33. The Kier molecular flexibility index (Phi) is 5.31. The largest absolute Gasteiger partial charge is 0.490 e. The molecule has 1 heterocycles. The standard InChI is InChI=1S/C18H18BrNO3/c19-13-7-9-14(10-8-13)20-18(21)16-5-1-2-6-17(16)23-12-15-4-3-11-22-15/h1-2,5-10,15H,3-4,11-12H2,(H,20,21)/t15-/m1/s1. The van der Waals surface area contributed by atoms with Crippen molar-refractivity contribution in [1.29, 1.82) is 0 Å². The van der Waals surface area contributed by atoms with Crippen LogP contribution in [0.25, 0.3) is 0 Å². The molecule has 23 heavy (non-hydrogen) atoms. The first-order chi connectivity index (χ1) is 11.2. The fourth-order valence-corrected chi connectivity index (χ4v) is 2.73. The van der Waals surface area contributed by atoms with Crippen LogP contribution in [0.3, 0.4) is 0 Å². The summed E-state index contributed by atoms with van der Waals surface area (Å²) < 4.78 is 12.3. The van der Waals surface area contributed by atoms with Crippen LogP contribution in [0.15, 0.2) is 53.0 Å². The Morgan fingerprint density at radius 2 is 2.00 bits per heavy atom. The minimum absolute atomic E-state index is 0.123. The second kappa shape index (κ2) is 7.62. The number of rotatable bonds is 5. The fraction of sp³-hybridized carbons (Fsp3) is 0.278. The van der Waals surface area contributed by atoms with Gasteiger partial charge in [-0.05, 0) is 49.2 Å². The normalized spacial score (nSPS) is 17.0. The monoisotopic (exact) mass is 375 g/mol. The number of halogens is 1. The van der Waals surface area contributed by atoms with Crippen LogP contribution in [0.2, 0.25) is 0 Å². The molecule has 2 aromatic carbocycles. The lowest BCUT2D eigenvalue weighted by Crippen LogP contribution is -2.19. The molecule has 1 N–H and O–H groups in total. The predicted molar refractivity (Wildman–Crippen MR) is 93.0 cm³/mol. The summed E-state index contributed by atoms with van der Waals surface area (Å²) in [7, 11) is 0. The minimum Gasteiger partial charge on any atom is -0.490 e. The van der Waals surface area contributed by atoms with E-state index in [9.17, 15) is 4.79 Å². The lowest BCUT2D eigenvalue weighted by Gasteiger charge is -2.14. The first-order valence-electron chi connectivity index (χ1n) is 7.63. The van der Waals surface area contributed by atoms with Gasteiger partial charge < -0.3 is 14.8 Å². The molecule has 4 nitrogen and oxygen atoms in total. The molecule has 0 radical (unpaired) electrons. The van der Waals surface area contributed by atoms with Crippen LogP contribution in [0, 0.1) is 0 Å². The van der Waals surface area contributed by atoms with Gasteiger partial charge in [-0.1, -0.05) is 28.1 Å². The summed E-state index contributed by atoms with van der Waals surface area (Å²) in [4.78, 5) is 12.5. The number of para-hydroxylation sites is 1. The Morgan fingerprint density at radius 1 is 1.22 bits per heavy atom. The van der Waals surface area contributed by atoms with Crippen LogP contribution >= 0.6 is 15.9 Å². The van der Waals surface area contributed by atoms with Crippen molar-refractivity contribution in [3.63, 3.8) is 0 Å². The SMILES string of the molecule is O=C(Nc1ccc(Br)cc1)c1ccccc1OC[C@H]1CCCO1. The molecule has 1 amide bonds. The molecule has 2 aromatic rings. The topological polar surface area (TPSA) is 47.6 Å². The molecule has 1 fully saturated rings. The highest BCUT2D eigenvalue weighted by Gasteiger charge is 2.18. The molecular weight excluding hydrogens is 358 g/mol. The molecular formula is C18H18BrNO3. The second-order valence-corrected chi connectivity index (χ2v) is 6.32. The molecule has 120 valence electrons. The van der Waals surface area contributed by atoms with Gasteiger partial charge in [-0.3, -0.25) is 4.79 Å². The molecule has 5 heteroatoms. The van der Waals surface area contributed by atoms with E-state index in [2.05, 4.69) is 21.2 Å². The summed E-state index contributed by atoms with van der Waals surface area (Å²) in [6.07, 6.45) is 2.20. The van der Waals surface area contributed by atoms with E-state index in [1.807, 2.05) is 42.5 Å². The number of hydrogen-bond donors (Lipinski definition) is 1. The van der Waals surface area contributed by atoms with Crippen molar-refractivity contribution in [3.8, 4) is 5.75 Å². The van der Waals surface area contributed by atoms with Crippen LogP contribution in [-0.4, -0.2) is 25.2 Å². The highest BCUT2D eigenvalue weighted by molar-refractivity contribution is 9.10. The van der Waals surface area contributed by atoms with Crippen LogP contribution in [0.4, 0.5) is 5.69 Å². The molecule has 1 atom stereocenters. The molecule has 0 aromatic heterocycles. The summed E-state index contributed by atoms with van der Waals surface area (Å²) in [5, 5.41) is 2.88. The van der Waals surface area contributed by atoms with E-state index in [0.29, 0.717) is 17.9 Å². The van der Waals surface area contributed by atoms with Crippen molar-refractivity contribution < 1.29 is 14.3 Å². The van der Waals surface area contributed by atoms with Crippen molar-refractivity contribution in [2.45, 2.75) is 18.9 Å². The molecule has 1 aliphatic heterocycles. The number of ether oxygens (including phenoxy) is 2. The van der Waals surface area contributed by atoms with E-state index < -0.39 is 0 Å². The van der Waals surface area contributed by atoms with Gasteiger partial charge in [-0.2, -0.15) is 0 Å². The van der Waals surface area contributed by atoms with Gasteiger partial charge in [-0.15, -0.1) is 0 Å². The quantitative estimate of drug-likeness (QED) is 0.848. The van der Waals surface area contributed by atoms with Gasteiger partial charge in [0.05, 0.1) is 11.7 Å². The Balaban J connectivity index is 1.68. The van der Waals surface area contributed by atoms with Crippen molar-refractivity contribution in [3.05, 3.63) is 58.6 Å². The number of carbonyl (C=O) groups is 1. The third-order valence-corrected chi connectivity index (χ3v) is 4.21. The lowest BCUT2D eigenvalue weighted by atomic mass is 10.1. The number of hydrogen-bond acceptors (Lipinski definition) is 3. The third-order valence-electron chi connectivity index (χ3n) is 3.68. The Bertz CT molecular complexity index is 666. The average molecular weight is 376 g/mol. The molecule has 1 aliphatic rings. The van der Waals surface area contributed by atoms with Crippen LogP contribution in [-0.2, 0) is 4.74 Å². The van der Waals surface area contributed by atoms with Crippen molar-refractivity contribution in [2.75, 3.05) is 18.5 Å². The summed E-state index contributed by atoms with van der Waals surface area (Å²) in [6.45, 7) is 1.27. The lowest BCUT2D eigenvalue weighted by molar-refractivity contribution is 0.0673. The highest BCUT2D eigenvalue weighted by atomic mass is 79.9. The van der Waals surface area contributed by atoms with Gasteiger partial charge in [0, 0.05) is 16.8 Å². The van der Waals surface area contributed by atoms with Crippen molar-refractivity contribution >= 4 is 27.5 Å². The zero-order chi connectivity index (χ0) is 16.1. The van der Waals surface area contributed by atoms with E-state index in [4.69, 9.17) is 9.47 Å². The maximum absolute atomic E-state index is 12.5. The zero-order valence-electron chi connectivity index (χ0n) is 12.6. The summed E-state index contributed by atoms with van der Waals surface area (Å²) in [5.74, 6) is 0.396. The Labute approximate surface area is 143 Å². The van der Waals surface area contributed by atoms with Crippen LogP contribution in [0.1, 0.15) is 23.2 Å². The number of benzene rings is 2. The highest BCUT2D eigenvalue weighted by Crippen LogP contribution is 2.22. The van der Waals surface area contributed by atoms with Gasteiger partial charge in [0.15, 0.2) is 0 Å². The van der Waals surface area contributed by atoms with E-state index in [1.54, 1.807) is 6.07 Å². The van der Waals surface area contributed by atoms with Gasteiger partial charge >= 0.3 is 0 Å². The van der Waals surface area contributed by atoms with Crippen molar-refractivity contribution in [2.24, 2.45) is 0 Å². The van der Waals surface area contributed by atoms with Gasteiger partial charge in [0.2, 0.25) is 0 Å². The average Bonchev–Trinajstić information content (AvgIpc) is 3.09. The molecule has 1 saturated heterocycles. The van der Waals surface area contributed by atoms with Crippen LogP contribution < -0.4 is 10.1 Å². The van der Waals surface area contributed by atoms with E-state index in [-0.39, 0.29) is 12.0 Å². The first kappa shape index (κ1) is 16.0. The van der Waals surface area contributed by atoms with E-state index >= 15 is 0 Å². The maximum atomic E-state index is 12.5. The Hall–Kier alpha value is -1.85. The zero-order valence-corrected chi connectivity index (χ0v) is 14.2. The summed E-state index contributed by atoms with van der Waals surface area (Å²) in [6, 6.07) is 14.7. The summed E-state index contributed by atoms with van der Waals surface area (Å²) in [5.41, 5.74) is 1.26. The number of carbonyl (C=O) groups excluding carboxylic acids is 1. The number of anilines is 1. The predicted octanol–water partition coefficient (Wildman–Crippen LogP) is 4.26. The van der Waals surface area contributed by atoms with E-state index in [0.717, 1.165) is 29.6 Å². The summed E-state index contributed by atoms with van der Waals surface area (Å²) >= 11 is 3.38. The smallest absolute Gasteiger partial charge is 0.259 e. The van der Waals surface area contributed by atoms with Gasteiger partial charge in [0.1, 0.15) is 12.4 Å². The molecule has 0 saturated carbocycles. The minimum atomic E-state index is -0.185. The number of amides is 1. The van der Waals surface area contributed by atoms with Crippen LogP contribution in [0.5, 0.6) is 5.75 Å². The molecule has 3 rings (SSSR count).